The molecule has 3 amide bonds. The van der Waals surface area contributed by atoms with Crippen molar-refractivity contribution in [1.29, 1.82) is 0 Å². The summed E-state index contributed by atoms with van der Waals surface area (Å²) >= 11 is 1.37. The summed E-state index contributed by atoms with van der Waals surface area (Å²) < 4.78 is 4.45. The number of nitrogens with one attached hydrogen (secondary N) is 2. The second-order valence-electron chi connectivity index (χ2n) is 6.65. The molecule has 1 saturated heterocycles. The van der Waals surface area contributed by atoms with Crippen molar-refractivity contribution in [1.82, 2.24) is 24.2 Å². The van der Waals surface area contributed by atoms with E-state index in [2.05, 4.69) is 34.9 Å². The number of anilines is 3. The Morgan fingerprint density at radius 2 is 1.70 bits per heavy atom. The molecule has 154 valence electrons. The molecule has 2 N–H and O–H groups in total. The second kappa shape index (κ2) is 8.82. The third kappa shape index (κ3) is 4.69. The van der Waals surface area contributed by atoms with Crippen molar-refractivity contribution in [3.05, 3.63) is 42.7 Å². The number of hydrogen-bond donors (Lipinski definition) is 2. The van der Waals surface area contributed by atoms with Crippen LogP contribution in [0.4, 0.5) is 21.6 Å². The van der Waals surface area contributed by atoms with Gasteiger partial charge in [-0.15, -0.1) is 0 Å². The lowest BCUT2D eigenvalue weighted by Crippen LogP contribution is -2.50. The molecule has 0 radical (unpaired) electrons. The Morgan fingerprint density at radius 1 is 1.00 bits per heavy atom. The van der Waals surface area contributed by atoms with Gasteiger partial charge >= 0.3 is 6.03 Å². The number of carbonyl (C=O) groups excluding carboxylic acids is 2. The predicted molar refractivity (Wildman–Crippen MR) is 114 cm³/mol. The maximum atomic E-state index is 12.5. The van der Waals surface area contributed by atoms with Crippen molar-refractivity contribution < 1.29 is 9.59 Å². The first-order chi connectivity index (χ1) is 14.6. The van der Waals surface area contributed by atoms with Gasteiger partial charge in [-0.25, -0.2) is 14.8 Å². The number of amides is 3. The fraction of sp³-hybridized carbons (Fsp3) is 0.263. The number of hydrogen-bond acceptors (Lipinski definition) is 8. The van der Waals surface area contributed by atoms with Crippen LogP contribution in [0, 0.1) is 0 Å². The van der Waals surface area contributed by atoms with E-state index in [4.69, 9.17) is 0 Å². The molecule has 0 bridgehead atoms. The number of rotatable bonds is 4. The molecule has 10 nitrogen and oxygen atoms in total. The second-order valence-corrected chi connectivity index (χ2v) is 7.38. The molecule has 0 saturated carbocycles. The number of urea groups is 1. The van der Waals surface area contributed by atoms with Gasteiger partial charge in [0.15, 0.2) is 5.82 Å². The molecule has 1 fully saturated rings. The summed E-state index contributed by atoms with van der Waals surface area (Å²) in [4.78, 5) is 40.0. The summed E-state index contributed by atoms with van der Waals surface area (Å²) in [6.45, 7) is 3.86. The third-order valence-electron chi connectivity index (χ3n) is 4.48. The van der Waals surface area contributed by atoms with E-state index < -0.39 is 0 Å². The van der Waals surface area contributed by atoms with Gasteiger partial charge in [0.25, 0.3) is 0 Å². The minimum Gasteiger partial charge on any atom is -0.343 e. The molecule has 2 aromatic heterocycles. The molecule has 1 aliphatic rings. The molecular weight excluding hydrogens is 404 g/mol. The van der Waals surface area contributed by atoms with Crippen molar-refractivity contribution in [2.45, 2.75) is 6.92 Å². The summed E-state index contributed by atoms with van der Waals surface area (Å²) in [7, 11) is 0. The highest BCUT2D eigenvalue weighted by Gasteiger charge is 2.23. The van der Waals surface area contributed by atoms with Crippen LogP contribution in [-0.4, -0.2) is 62.3 Å². The van der Waals surface area contributed by atoms with Gasteiger partial charge in [-0.05, 0) is 0 Å². The molecule has 30 heavy (non-hydrogen) atoms. The van der Waals surface area contributed by atoms with Gasteiger partial charge in [0.2, 0.25) is 17.0 Å². The molecule has 1 aromatic carbocycles. The lowest BCUT2D eigenvalue weighted by Gasteiger charge is -2.34. The van der Waals surface area contributed by atoms with Crippen molar-refractivity contribution in [3.8, 4) is 11.4 Å². The molecular formula is C19H20N8O2S. The summed E-state index contributed by atoms with van der Waals surface area (Å²) in [5.41, 5.74) is 1.46. The monoisotopic (exact) mass is 424 g/mol. The largest absolute Gasteiger partial charge is 0.343 e. The molecule has 3 aromatic rings. The van der Waals surface area contributed by atoms with Gasteiger partial charge in [-0.3, -0.25) is 10.1 Å². The van der Waals surface area contributed by atoms with Gasteiger partial charge in [-0.1, -0.05) is 30.3 Å². The topological polar surface area (TPSA) is 116 Å². The van der Waals surface area contributed by atoms with Crippen LogP contribution in [0.2, 0.25) is 0 Å². The van der Waals surface area contributed by atoms with E-state index in [1.807, 2.05) is 30.3 Å². The molecule has 0 atom stereocenters. The zero-order valence-corrected chi connectivity index (χ0v) is 17.1. The Bertz CT molecular complexity index is 1020. The Morgan fingerprint density at radius 3 is 2.37 bits per heavy atom. The van der Waals surface area contributed by atoms with Crippen molar-refractivity contribution in [2.75, 3.05) is 41.7 Å². The van der Waals surface area contributed by atoms with Crippen molar-refractivity contribution in [2.24, 2.45) is 0 Å². The van der Waals surface area contributed by atoms with Crippen LogP contribution in [0.15, 0.2) is 42.7 Å². The van der Waals surface area contributed by atoms with Crippen LogP contribution in [0.1, 0.15) is 6.92 Å². The van der Waals surface area contributed by atoms with Gasteiger partial charge in [0.1, 0.15) is 0 Å². The van der Waals surface area contributed by atoms with E-state index in [-0.39, 0.29) is 17.9 Å². The summed E-state index contributed by atoms with van der Waals surface area (Å²) in [6.07, 6.45) is 2.91. The SMILES string of the molecule is CC(=O)Nc1ncc(NC(=O)N2CCN(c3nc(-c4ccccc4)ns3)CC2)cn1. The Hall–Kier alpha value is -3.60. The molecule has 4 rings (SSSR count). The van der Waals surface area contributed by atoms with E-state index in [1.165, 1.54) is 30.8 Å². The van der Waals surface area contributed by atoms with Crippen LogP contribution in [0.25, 0.3) is 11.4 Å². The molecule has 0 spiro atoms. The Balaban J connectivity index is 1.30. The minimum absolute atomic E-state index is 0.195. The third-order valence-corrected chi connectivity index (χ3v) is 5.25. The highest BCUT2D eigenvalue weighted by Crippen LogP contribution is 2.24. The smallest absolute Gasteiger partial charge is 0.322 e. The van der Waals surface area contributed by atoms with Gasteiger partial charge < -0.3 is 15.1 Å². The quantitative estimate of drug-likeness (QED) is 0.660. The van der Waals surface area contributed by atoms with Crippen LogP contribution < -0.4 is 15.5 Å². The zero-order valence-electron chi connectivity index (χ0n) is 16.3. The van der Waals surface area contributed by atoms with Crippen LogP contribution in [0.3, 0.4) is 0 Å². The highest BCUT2D eigenvalue weighted by atomic mass is 32.1. The van der Waals surface area contributed by atoms with Crippen LogP contribution in [-0.2, 0) is 4.79 Å². The van der Waals surface area contributed by atoms with E-state index in [0.29, 0.717) is 31.9 Å². The lowest BCUT2D eigenvalue weighted by atomic mass is 10.2. The van der Waals surface area contributed by atoms with E-state index in [1.54, 1.807) is 4.90 Å². The molecule has 11 heteroatoms. The molecule has 0 unspecified atom stereocenters. The highest BCUT2D eigenvalue weighted by molar-refractivity contribution is 7.09. The average Bonchev–Trinajstić information content (AvgIpc) is 3.26. The van der Waals surface area contributed by atoms with E-state index in [0.717, 1.165) is 16.5 Å². The van der Waals surface area contributed by atoms with Crippen LogP contribution in [0.5, 0.6) is 0 Å². The van der Waals surface area contributed by atoms with Gasteiger partial charge in [-0.2, -0.15) is 9.36 Å². The first-order valence-electron chi connectivity index (χ1n) is 9.38. The van der Waals surface area contributed by atoms with E-state index >= 15 is 0 Å². The van der Waals surface area contributed by atoms with Gasteiger partial charge in [0, 0.05) is 50.2 Å². The average molecular weight is 424 g/mol. The zero-order chi connectivity index (χ0) is 20.9. The summed E-state index contributed by atoms with van der Waals surface area (Å²) in [5, 5.41) is 6.12. The fourth-order valence-corrected chi connectivity index (χ4v) is 3.71. The summed E-state index contributed by atoms with van der Waals surface area (Å²) in [6, 6.07) is 9.65. The minimum atomic E-state index is -0.254. The number of benzene rings is 1. The van der Waals surface area contributed by atoms with Crippen LogP contribution >= 0.6 is 11.5 Å². The first kappa shape index (κ1) is 19.7. The Kier molecular flexibility index (Phi) is 5.80. The predicted octanol–water partition coefficient (Wildman–Crippen LogP) is 2.31. The molecule has 0 aliphatic carbocycles. The lowest BCUT2D eigenvalue weighted by molar-refractivity contribution is -0.114. The maximum Gasteiger partial charge on any atom is 0.322 e. The van der Waals surface area contributed by atoms with Crippen molar-refractivity contribution in [3.63, 3.8) is 0 Å². The number of carbonyl (C=O) groups is 2. The van der Waals surface area contributed by atoms with Gasteiger partial charge in [0.05, 0.1) is 18.1 Å². The number of piperazine rings is 1. The summed E-state index contributed by atoms with van der Waals surface area (Å²) in [5.74, 6) is 0.663. The molecule has 1 aliphatic heterocycles. The Labute approximate surface area is 177 Å². The normalized spacial score (nSPS) is 13.8. The number of aromatic nitrogens is 4. The van der Waals surface area contributed by atoms with E-state index in [9.17, 15) is 9.59 Å². The standard InChI is InChI=1S/C19H20N8O2S/c1-13(28)22-17-20-11-15(12-21-17)23-18(29)26-7-9-27(10-8-26)19-24-16(25-30-19)14-5-3-2-4-6-14/h2-6,11-12H,7-10H2,1H3,(H,23,29)(H,20,21,22,28). The first-order valence-corrected chi connectivity index (χ1v) is 10.2. The fourth-order valence-electron chi connectivity index (χ4n) is 2.97. The molecule has 3 heterocycles. The number of nitrogens with zero attached hydrogens (tertiary/aromatic N) is 6. The maximum absolute atomic E-state index is 12.5. The van der Waals surface area contributed by atoms with Crippen molar-refractivity contribution >= 4 is 40.2 Å².